The lowest BCUT2D eigenvalue weighted by Crippen LogP contribution is -2.10. The molecular formula is C24H20N4O. The highest BCUT2D eigenvalue weighted by Crippen LogP contribution is 2.31. The minimum absolute atomic E-state index is 0.0522. The molecule has 0 bridgehead atoms. The molecule has 2 heterocycles. The van der Waals surface area contributed by atoms with Crippen LogP contribution in [-0.4, -0.2) is 25.9 Å². The van der Waals surface area contributed by atoms with E-state index < -0.39 is 0 Å². The molecular weight excluding hydrogens is 360 g/mol. The van der Waals surface area contributed by atoms with Gasteiger partial charge in [-0.3, -0.25) is 4.98 Å². The largest absolute Gasteiger partial charge is 0.411 e. The molecule has 0 saturated heterocycles. The lowest BCUT2D eigenvalue weighted by Gasteiger charge is -2.19. The molecule has 0 aliphatic rings. The highest BCUT2D eigenvalue weighted by atomic mass is 16.4. The summed E-state index contributed by atoms with van der Waals surface area (Å²) in [7, 11) is 0. The third-order valence-corrected chi connectivity index (χ3v) is 4.94. The van der Waals surface area contributed by atoms with E-state index in [0.29, 0.717) is 12.1 Å². The van der Waals surface area contributed by atoms with Crippen molar-refractivity contribution >= 4 is 5.71 Å². The van der Waals surface area contributed by atoms with Gasteiger partial charge in [-0.2, -0.15) is 0 Å². The molecule has 4 aromatic rings. The van der Waals surface area contributed by atoms with Gasteiger partial charge >= 0.3 is 0 Å². The third-order valence-electron chi connectivity index (χ3n) is 4.94. The minimum Gasteiger partial charge on any atom is -0.411 e. The van der Waals surface area contributed by atoms with E-state index >= 15 is 0 Å². The molecule has 0 spiro atoms. The number of oxime groups is 1. The van der Waals surface area contributed by atoms with Crippen LogP contribution < -0.4 is 0 Å². The van der Waals surface area contributed by atoms with E-state index in [0.717, 1.165) is 22.3 Å². The van der Waals surface area contributed by atoms with Crippen LogP contribution in [0.3, 0.4) is 0 Å². The molecule has 4 rings (SSSR count). The molecule has 142 valence electrons. The molecule has 1 N–H and O–H groups in total. The average molecular weight is 380 g/mol. The molecule has 2 aromatic heterocycles. The number of pyridine rings is 1. The van der Waals surface area contributed by atoms with Gasteiger partial charge in [0.15, 0.2) is 0 Å². The van der Waals surface area contributed by atoms with Crippen LogP contribution in [0.2, 0.25) is 0 Å². The zero-order valence-corrected chi connectivity index (χ0v) is 15.8. The maximum absolute atomic E-state index is 9.67. The van der Waals surface area contributed by atoms with Gasteiger partial charge in [-0.15, -0.1) is 0 Å². The Balaban J connectivity index is 1.68. The van der Waals surface area contributed by atoms with E-state index in [-0.39, 0.29) is 5.92 Å². The van der Waals surface area contributed by atoms with E-state index in [2.05, 4.69) is 56.5 Å². The molecule has 0 radical (unpaired) electrons. The zero-order chi connectivity index (χ0) is 19.9. The highest BCUT2D eigenvalue weighted by molar-refractivity contribution is 6.00. The number of nitrogens with zero attached hydrogens (tertiary/aromatic N) is 4. The van der Waals surface area contributed by atoms with E-state index in [9.17, 15) is 5.21 Å². The van der Waals surface area contributed by atoms with Gasteiger partial charge in [0, 0.05) is 48.3 Å². The number of benzene rings is 2. The van der Waals surface area contributed by atoms with Crippen molar-refractivity contribution in [3.05, 3.63) is 115 Å². The molecule has 0 aliphatic heterocycles. The molecule has 2 aromatic carbocycles. The first-order valence-corrected chi connectivity index (χ1v) is 9.37. The Morgan fingerprint density at radius 3 is 2.07 bits per heavy atom. The van der Waals surface area contributed by atoms with E-state index in [4.69, 9.17) is 0 Å². The van der Waals surface area contributed by atoms with Crippen molar-refractivity contribution in [2.75, 3.05) is 0 Å². The fourth-order valence-corrected chi connectivity index (χ4v) is 3.42. The molecule has 0 saturated carbocycles. The van der Waals surface area contributed by atoms with E-state index in [1.165, 1.54) is 11.9 Å². The average Bonchev–Trinajstić information content (AvgIpc) is 2.82. The molecule has 0 amide bonds. The summed E-state index contributed by atoms with van der Waals surface area (Å²) in [4.78, 5) is 12.2. The number of aromatic nitrogens is 3. The molecule has 29 heavy (non-hydrogen) atoms. The van der Waals surface area contributed by atoms with Crippen molar-refractivity contribution < 1.29 is 5.21 Å². The SMILES string of the molecule is O/N=C(/CC(c1ccccc1)c1ccc(-c2cncnc2)cc1)c1ccncc1. The summed E-state index contributed by atoms with van der Waals surface area (Å²) in [6.45, 7) is 0. The summed E-state index contributed by atoms with van der Waals surface area (Å²) in [6, 6.07) is 22.4. The van der Waals surface area contributed by atoms with Crippen molar-refractivity contribution in [2.24, 2.45) is 5.16 Å². The van der Waals surface area contributed by atoms with Crippen LogP contribution in [-0.2, 0) is 0 Å². The van der Waals surface area contributed by atoms with Gasteiger partial charge in [-0.25, -0.2) is 9.97 Å². The summed E-state index contributed by atoms with van der Waals surface area (Å²) in [5.74, 6) is 0.0522. The van der Waals surface area contributed by atoms with Crippen LogP contribution in [0.15, 0.2) is 103 Å². The first kappa shape index (κ1) is 18.5. The van der Waals surface area contributed by atoms with Crippen LogP contribution in [0.1, 0.15) is 29.0 Å². The van der Waals surface area contributed by atoms with Gasteiger partial charge in [0.25, 0.3) is 0 Å². The predicted octanol–water partition coefficient (Wildman–Crippen LogP) is 4.94. The standard InChI is InChI=1S/C24H20N4O/c29-28-24(21-10-12-25-13-11-21)14-23(19-4-2-1-3-5-19)20-8-6-18(7-9-20)22-15-26-17-27-16-22/h1-13,15-17,23,29H,14H2/b28-24-. The summed E-state index contributed by atoms with van der Waals surface area (Å²) >= 11 is 0. The van der Waals surface area contributed by atoms with Crippen LogP contribution in [0.4, 0.5) is 0 Å². The highest BCUT2D eigenvalue weighted by Gasteiger charge is 2.19. The Morgan fingerprint density at radius 2 is 1.41 bits per heavy atom. The van der Waals surface area contributed by atoms with Crippen molar-refractivity contribution in [2.45, 2.75) is 12.3 Å². The fourth-order valence-electron chi connectivity index (χ4n) is 3.42. The summed E-state index contributed by atoms with van der Waals surface area (Å²) < 4.78 is 0. The summed E-state index contributed by atoms with van der Waals surface area (Å²) in [5.41, 5.74) is 5.84. The molecule has 0 fully saturated rings. The van der Waals surface area contributed by atoms with Crippen molar-refractivity contribution in [1.29, 1.82) is 0 Å². The lowest BCUT2D eigenvalue weighted by atomic mass is 9.85. The van der Waals surface area contributed by atoms with Crippen LogP contribution >= 0.6 is 0 Å². The first-order chi connectivity index (χ1) is 14.3. The normalized spacial score (nSPS) is 12.5. The molecule has 1 unspecified atom stereocenters. The Labute approximate surface area is 169 Å². The number of hydrogen-bond acceptors (Lipinski definition) is 5. The Morgan fingerprint density at radius 1 is 0.759 bits per heavy atom. The van der Waals surface area contributed by atoms with Crippen molar-refractivity contribution in [3.8, 4) is 11.1 Å². The molecule has 1 atom stereocenters. The summed E-state index contributed by atoms with van der Waals surface area (Å²) in [6.07, 6.45) is 9.10. The quantitative estimate of drug-likeness (QED) is 0.292. The first-order valence-electron chi connectivity index (χ1n) is 9.37. The summed E-state index contributed by atoms with van der Waals surface area (Å²) in [5, 5.41) is 13.3. The van der Waals surface area contributed by atoms with Crippen molar-refractivity contribution in [3.63, 3.8) is 0 Å². The zero-order valence-electron chi connectivity index (χ0n) is 15.8. The Bertz CT molecular complexity index is 1070. The second-order valence-electron chi connectivity index (χ2n) is 6.70. The Kier molecular flexibility index (Phi) is 5.67. The van der Waals surface area contributed by atoms with Gasteiger partial charge in [0.05, 0.1) is 5.71 Å². The number of hydrogen-bond donors (Lipinski definition) is 1. The van der Waals surface area contributed by atoms with Gasteiger partial charge in [-0.05, 0) is 28.8 Å². The second-order valence-corrected chi connectivity index (χ2v) is 6.70. The third kappa shape index (κ3) is 4.35. The van der Waals surface area contributed by atoms with Crippen LogP contribution in [0.25, 0.3) is 11.1 Å². The van der Waals surface area contributed by atoms with E-state index in [1.54, 1.807) is 24.8 Å². The smallest absolute Gasteiger partial charge is 0.115 e. The van der Waals surface area contributed by atoms with Gasteiger partial charge in [0.1, 0.15) is 6.33 Å². The van der Waals surface area contributed by atoms with E-state index in [1.807, 2.05) is 30.3 Å². The topological polar surface area (TPSA) is 71.3 Å². The number of rotatable bonds is 6. The van der Waals surface area contributed by atoms with Gasteiger partial charge in [0.2, 0.25) is 0 Å². The van der Waals surface area contributed by atoms with Crippen molar-refractivity contribution in [1.82, 2.24) is 15.0 Å². The molecule has 5 nitrogen and oxygen atoms in total. The Hall–Kier alpha value is -3.86. The fraction of sp³-hybridized carbons (Fsp3) is 0.0833. The monoisotopic (exact) mass is 380 g/mol. The van der Waals surface area contributed by atoms with Gasteiger partial charge in [-0.1, -0.05) is 59.8 Å². The predicted molar refractivity (Wildman–Crippen MR) is 113 cm³/mol. The molecule has 0 aliphatic carbocycles. The van der Waals surface area contributed by atoms with Gasteiger partial charge < -0.3 is 5.21 Å². The van der Waals surface area contributed by atoms with Crippen LogP contribution in [0.5, 0.6) is 0 Å². The lowest BCUT2D eigenvalue weighted by molar-refractivity contribution is 0.317. The maximum atomic E-state index is 9.67. The second kappa shape index (κ2) is 8.89. The minimum atomic E-state index is 0.0522. The maximum Gasteiger partial charge on any atom is 0.115 e. The molecule has 5 heteroatoms. The van der Waals surface area contributed by atoms with Crippen LogP contribution in [0, 0.1) is 0 Å².